The Hall–Kier alpha value is -1.39. The van der Waals surface area contributed by atoms with Crippen LogP contribution in [0.3, 0.4) is 0 Å². The molecule has 1 aliphatic heterocycles. The number of aromatic nitrogens is 1. The van der Waals surface area contributed by atoms with Gasteiger partial charge in [0.1, 0.15) is 5.82 Å². The lowest BCUT2D eigenvalue weighted by molar-refractivity contribution is 0.247. The zero-order valence-electron chi connectivity index (χ0n) is 11.9. The molecule has 1 aliphatic rings. The van der Waals surface area contributed by atoms with Crippen LogP contribution < -0.4 is 5.32 Å². The Balaban J connectivity index is 1.69. The van der Waals surface area contributed by atoms with Crippen LogP contribution in [0.4, 0.5) is 5.82 Å². The summed E-state index contributed by atoms with van der Waals surface area (Å²) in [6.45, 7) is 6.36. The third kappa shape index (κ3) is 3.02. The summed E-state index contributed by atoms with van der Waals surface area (Å²) in [6, 6.07) is 6.49. The van der Waals surface area contributed by atoms with Gasteiger partial charge in [0.25, 0.3) is 0 Å². The molecule has 0 spiro atoms. The van der Waals surface area contributed by atoms with E-state index in [1.807, 2.05) is 23.6 Å². The molecule has 106 valence electrons. The third-order valence-corrected chi connectivity index (χ3v) is 4.74. The minimum absolute atomic E-state index is 0.981. The molecule has 0 aliphatic carbocycles. The van der Waals surface area contributed by atoms with Gasteiger partial charge in [-0.2, -0.15) is 0 Å². The van der Waals surface area contributed by atoms with Crippen LogP contribution in [0.1, 0.15) is 29.3 Å². The smallest absolute Gasteiger partial charge is 0.130 e. The predicted molar refractivity (Wildman–Crippen MR) is 85.2 cm³/mol. The second-order valence-electron chi connectivity index (χ2n) is 5.27. The average Bonchev–Trinajstić information content (AvgIpc) is 2.94. The quantitative estimate of drug-likeness (QED) is 0.912. The molecular formula is C16H21N3S. The van der Waals surface area contributed by atoms with E-state index in [-0.39, 0.29) is 0 Å². The number of fused-ring (bicyclic) bond motifs is 1. The number of nitrogens with zero attached hydrogens (tertiary/aromatic N) is 2. The van der Waals surface area contributed by atoms with Gasteiger partial charge in [-0.3, -0.25) is 4.90 Å². The van der Waals surface area contributed by atoms with Gasteiger partial charge in [0.2, 0.25) is 0 Å². The third-order valence-electron chi connectivity index (χ3n) is 3.71. The van der Waals surface area contributed by atoms with Crippen molar-refractivity contribution in [3.8, 4) is 0 Å². The summed E-state index contributed by atoms with van der Waals surface area (Å²) in [7, 11) is 0. The highest BCUT2D eigenvalue weighted by atomic mass is 32.1. The van der Waals surface area contributed by atoms with Crippen molar-refractivity contribution in [2.24, 2.45) is 0 Å². The van der Waals surface area contributed by atoms with E-state index in [9.17, 15) is 0 Å². The Labute approximate surface area is 124 Å². The fourth-order valence-electron chi connectivity index (χ4n) is 2.65. The van der Waals surface area contributed by atoms with Crippen LogP contribution in [0.15, 0.2) is 29.8 Å². The van der Waals surface area contributed by atoms with Crippen molar-refractivity contribution >= 4 is 17.2 Å². The second kappa shape index (κ2) is 6.37. The molecular weight excluding hydrogens is 266 g/mol. The summed E-state index contributed by atoms with van der Waals surface area (Å²) in [5.41, 5.74) is 2.81. The first-order valence-electron chi connectivity index (χ1n) is 7.32. The van der Waals surface area contributed by atoms with E-state index in [1.165, 1.54) is 17.5 Å². The van der Waals surface area contributed by atoms with Gasteiger partial charge in [-0.15, -0.1) is 11.3 Å². The van der Waals surface area contributed by atoms with Crippen LogP contribution in [-0.4, -0.2) is 23.0 Å². The van der Waals surface area contributed by atoms with Crippen molar-refractivity contribution in [2.75, 3.05) is 18.4 Å². The molecule has 20 heavy (non-hydrogen) atoms. The lowest BCUT2D eigenvalue weighted by atomic mass is 10.1. The summed E-state index contributed by atoms with van der Waals surface area (Å²) in [4.78, 5) is 8.56. The monoisotopic (exact) mass is 287 g/mol. The highest BCUT2D eigenvalue weighted by Crippen LogP contribution is 2.25. The average molecular weight is 287 g/mol. The Kier molecular flexibility index (Phi) is 4.33. The Morgan fingerprint density at radius 1 is 1.40 bits per heavy atom. The van der Waals surface area contributed by atoms with E-state index >= 15 is 0 Å². The second-order valence-corrected chi connectivity index (χ2v) is 6.27. The molecule has 0 bridgehead atoms. The highest BCUT2D eigenvalue weighted by molar-refractivity contribution is 7.10. The molecule has 0 saturated carbocycles. The van der Waals surface area contributed by atoms with Gasteiger partial charge in [0.15, 0.2) is 0 Å². The molecule has 0 radical (unpaired) electrons. The Morgan fingerprint density at radius 3 is 3.25 bits per heavy atom. The van der Waals surface area contributed by atoms with E-state index < -0.39 is 0 Å². The van der Waals surface area contributed by atoms with Crippen molar-refractivity contribution in [1.29, 1.82) is 0 Å². The fourth-order valence-corrected chi connectivity index (χ4v) is 3.54. The lowest BCUT2D eigenvalue weighted by Crippen LogP contribution is -2.29. The first-order chi connectivity index (χ1) is 9.86. The number of pyridine rings is 1. The number of nitrogens with one attached hydrogen (secondary N) is 1. The Morgan fingerprint density at radius 2 is 2.35 bits per heavy atom. The topological polar surface area (TPSA) is 28.2 Å². The van der Waals surface area contributed by atoms with Crippen molar-refractivity contribution in [2.45, 2.75) is 32.9 Å². The fraction of sp³-hybridized carbons (Fsp3) is 0.438. The van der Waals surface area contributed by atoms with Crippen molar-refractivity contribution < 1.29 is 0 Å². The summed E-state index contributed by atoms with van der Waals surface area (Å²) in [6.07, 6.45) is 4.18. The molecule has 0 saturated heterocycles. The molecule has 0 aromatic carbocycles. The van der Waals surface area contributed by atoms with E-state index in [0.29, 0.717) is 0 Å². The highest BCUT2D eigenvalue weighted by Gasteiger charge is 2.18. The molecule has 2 aromatic heterocycles. The molecule has 2 aromatic rings. The molecule has 0 fully saturated rings. The molecule has 0 amide bonds. The molecule has 1 N–H and O–H groups in total. The van der Waals surface area contributed by atoms with Gasteiger partial charge in [-0.05, 0) is 35.9 Å². The number of hydrogen-bond acceptors (Lipinski definition) is 4. The summed E-state index contributed by atoms with van der Waals surface area (Å²) in [5, 5.41) is 5.65. The summed E-state index contributed by atoms with van der Waals surface area (Å²) in [5.74, 6) is 1.05. The van der Waals surface area contributed by atoms with Crippen LogP contribution >= 0.6 is 11.3 Å². The molecule has 0 unspecified atom stereocenters. The zero-order chi connectivity index (χ0) is 13.8. The van der Waals surface area contributed by atoms with Crippen LogP contribution in [-0.2, 0) is 19.5 Å². The van der Waals surface area contributed by atoms with Gasteiger partial charge in [0.05, 0.1) is 0 Å². The van der Waals surface area contributed by atoms with Gasteiger partial charge >= 0.3 is 0 Å². The van der Waals surface area contributed by atoms with E-state index in [4.69, 9.17) is 0 Å². The van der Waals surface area contributed by atoms with Crippen LogP contribution in [0.25, 0.3) is 0 Å². The van der Waals surface area contributed by atoms with Gasteiger partial charge in [-0.25, -0.2) is 4.98 Å². The number of rotatable bonds is 5. The summed E-state index contributed by atoms with van der Waals surface area (Å²) >= 11 is 1.90. The molecule has 3 nitrogen and oxygen atoms in total. The first-order valence-corrected chi connectivity index (χ1v) is 8.20. The number of thiophene rings is 1. The Bertz CT molecular complexity index is 564. The van der Waals surface area contributed by atoms with Crippen LogP contribution in [0.2, 0.25) is 0 Å². The zero-order valence-corrected chi connectivity index (χ0v) is 12.7. The molecule has 3 rings (SSSR count). The van der Waals surface area contributed by atoms with Gasteiger partial charge < -0.3 is 5.32 Å². The van der Waals surface area contributed by atoms with E-state index in [2.05, 4.69) is 39.6 Å². The first kappa shape index (κ1) is 13.6. The maximum atomic E-state index is 4.48. The molecule has 3 heterocycles. The minimum atomic E-state index is 0.981. The lowest BCUT2D eigenvalue weighted by Gasteiger charge is -2.27. The van der Waals surface area contributed by atoms with Crippen LogP contribution in [0.5, 0.6) is 0 Å². The largest absolute Gasteiger partial charge is 0.370 e. The minimum Gasteiger partial charge on any atom is -0.370 e. The molecule has 4 heteroatoms. The molecule has 0 atom stereocenters. The number of hydrogen-bond donors (Lipinski definition) is 1. The summed E-state index contributed by atoms with van der Waals surface area (Å²) < 4.78 is 0. The number of anilines is 1. The van der Waals surface area contributed by atoms with Crippen molar-refractivity contribution in [3.05, 3.63) is 45.8 Å². The van der Waals surface area contributed by atoms with E-state index in [0.717, 1.165) is 38.4 Å². The van der Waals surface area contributed by atoms with Gasteiger partial charge in [-0.1, -0.05) is 13.0 Å². The van der Waals surface area contributed by atoms with E-state index in [1.54, 1.807) is 4.88 Å². The maximum absolute atomic E-state index is 4.48. The van der Waals surface area contributed by atoms with Crippen molar-refractivity contribution in [3.63, 3.8) is 0 Å². The van der Waals surface area contributed by atoms with Crippen LogP contribution in [0, 0.1) is 0 Å². The predicted octanol–water partition coefficient (Wildman–Crippen LogP) is 3.52. The normalized spacial score (nSPS) is 15.1. The van der Waals surface area contributed by atoms with Crippen molar-refractivity contribution in [1.82, 2.24) is 9.88 Å². The maximum Gasteiger partial charge on any atom is 0.130 e. The SMILES string of the molecule is CCCNc1ncccc1CN1CCc2sccc2C1. The standard InChI is InChI=1S/C16H21N3S/c1-2-7-17-16-14(4-3-8-18-16)12-19-9-5-15-13(11-19)6-10-20-15/h3-4,6,8,10H,2,5,7,9,11-12H2,1H3,(H,17,18). The van der Waals surface area contributed by atoms with Gasteiger partial charge in [0, 0.05) is 42.8 Å².